The summed E-state index contributed by atoms with van der Waals surface area (Å²) in [5.41, 5.74) is 3.18. The first-order chi connectivity index (χ1) is 14.2. The molecule has 1 aromatic carbocycles. The fourth-order valence-electron chi connectivity index (χ4n) is 4.45. The minimum Gasteiger partial charge on any atom is -0.361 e. The van der Waals surface area contributed by atoms with E-state index in [0.717, 1.165) is 23.5 Å². The van der Waals surface area contributed by atoms with Crippen LogP contribution in [0.4, 0.5) is 17.2 Å². The Balaban J connectivity index is 1.38. The standard InChI is InChI=1S/C22H25N5O2/c28-27(29)21-4-1-9-23-22(21)25-17-7-8-20-19(12-17)16(13-24-20)11-18-3-2-10-26(18)14-15-5-6-15/h1,4,7-9,12-13,15,18,24H,2-3,5-6,10-11,14H2,(H,23,25). The Morgan fingerprint density at radius 2 is 2.17 bits per heavy atom. The highest BCUT2D eigenvalue weighted by molar-refractivity contribution is 5.87. The molecule has 5 rings (SSSR count). The predicted molar refractivity (Wildman–Crippen MR) is 113 cm³/mol. The molecule has 1 aliphatic carbocycles. The van der Waals surface area contributed by atoms with Crippen LogP contribution < -0.4 is 5.32 Å². The van der Waals surface area contributed by atoms with Crippen LogP contribution in [0.25, 0.3) is 10.9 Å². The molecule has 3 heterocycles. The number of hydrogen-bond acceptors (Lipinski definition) is 5. The van der Waals surface area contributed by atoms with E-state index in [1.165, 1.54) is 55.8 Å². The lowest BCUT2D eigenvalue weighted by Crippen LogP contribution is -2.32. The molecule has 0 bridgehead atoms. The second kappa shape index (κ2) is 7.48. The molecular weight excluding hydrogens is 366 g/mol. The zero-order valence-electron chi connectivity index (χ0n) is 16.3. The number of benzene rings is 1. The number of likely N-dealkylation sites (tertiary alicyclic amines) is 1. The quantitative estimate of drug-likeness (QED) is 0.453. The van der Waals surface area contributed by atoms with Crippen LogP contribution in [-0.4, -0.2) is 38.9 Å². The van der Waals surface area contributed by atoms with Crippen molar-refractivity contribution in [3.8, 4) is 0 Å². The summed E-state index contributed by atoms with van der Waals surface area (Å²) in [6.07, 6.45) is 10.1. The largest absolute Gasteiger partial charge is 0.361 e. The second-order valence-electron chi connectivity index (χ2n) is 8.27. The van der Waals surface area contributed by atoms with Crippen molar-refractivity contribution in [1.29, 1.82) is 0 Å². The fourth-order valence-corrected chi connectivity index (χ4v) is 4.45. The van der Waals surface area contributed by atoms with Crippen molar-refractivity contribution in [1.82, 2.24) is 14.9 Å². The van der Waals surface area contributed by atoms with Gasteiger partial charge in [0.25, 0.3) is 0 Å². The van der Waals surface area contributed by atoms with Crippen LogP contribution in [-0.2, 0) is 6.42 Å². The molecule has 150 valence electrons. The van der Waals surface area contributed by atoms with Gasteiger partial charge in [-0.15, -0.1) is 0 Å². The van der Waals surface area contributed by atoms with Gasteiger partial charge in [0.05, 0.1) is 4.92 Å². The topological polar surface area (TPSA) is 87.1 Å². The van der Waals surface area contributed by atoms with E-state index in [1.54, 1.807) is 12.3 Å². The average molecular weight is 391 g/mol. The maximum absolute atomic E-state index is 11.3. The number of fused-ring (bicyclic) bond motifs is 1. The summed E-state index contributed by atoms with van der Waals surface area (Å²) in [4.78, 5) is 21.0. The minimum atomic E-state index is -0.413. The lowest BCUT2D eigenvalue weighted by molar-refractivity contribution is -0.384. The number of pyridine rings is 1. The Hall–Kier alpha value is -2.93. The summed E-state index contributed by atoms with van der Waals surface area (Å²) in [6.45, 7) is 2.48. The number of aromatic nitrogens is 2. The Kier molecular flexibility index (Phi) is 4.67. The molecule has 0 amide bonds. The van der Waals surface area contributed by atoms with Gasteiger partial charge in [-0.05, 0) is 74.4 Å². The summed E-state index contributed by atoms with van der Waals surface area (Å²) in [5.74, 6) is 1.18. The molecule has 0 radical (unpaired) electrons. The van der Waals surface area contributed by atoms with Gasteiger partial charge < -0.3 is 10.3 Å². The highest BCUT2D eigenvalue weighted by Crippen LogP contribution is 2.34. The number of nitrogens with zero attached hydrogens (tertiary/aromatic N) is 3. The first-order valence-electron chi connectivity index (χ1n) is 10.4. The zero-order chi connectivity index (χ0) is 19.8. The van der Waals surface area contributed by atoms with Gasteiger partial charge in [0.1, 0.15) is 0 Å². The second-order valence-corrected chi connectivity index (χ2v) is 8.27. The number of hydrogen-bond donors (Lipinski definition) is 2. The summed E-state index contributed by atoms with van der Waals surface area (Å²) in [6, 6.07) is 9.67. The highest BCUT2D eigenvalue weighted by Gasteiger charge is 2.31. The molecule has 1 saturated heterocycles. The van der Waals surface area contributed by atoms with Gasteiger partial charge in [-0.1, -0.05) is 0 Å². The maximum atomic E-state index is 11.3. The minimum absolute atomic E-state index is 0.0245. The third kappa shape index (κ3) is 3.82. The molecule has 1 unspecified atom stereocenters. The Labute approximate surface area is 169 Å². The maximum Gasteiger partial charge on any atom is 0.311 e. The molecule has 7 heteroatoms. The van der Waals surface area contributed by atoms with Crippen molar-refractivity contribution in [2.45, 2.75) is 38.1 Å². The molecule has 29 heavy (non-hydrogen) atoms. The number of rotatable bonds is 7. The van der Waals surface area contributed by atoms with E-state index in [-0.39, 0.29) is 11.5 Å². The van der Waals surface area contributed by atoms with Gasteiger partial charge >= 0.3 is 5.69 Å². The smallest absolute Gasteiger partial charge is 0.311 e. The number of H-pyrrole nitrogens is 1. The van der Waals surface area contributed by atoms with Gasteiger partial charge in [-0.25, -0.2) is 4.98 Å². The van der Waals surface area contributed by atoms with Crippen molar-refractivity contribution in [3.63, 3.8) is 0 Å². The number of nitrogens with one attached hydrogen (secondary N) is 2. The Morgan fingerprint density at radius 1 is 1.28 bits per heavy atom. The molecule has 2 aliphatic rings. The van der Waals surface area contributed by atoms with Crippen molar-refractivity contribution in [2.75, 3.05) is 18.4 Å². The van der Waals surface area contributed by atoms with Crippen molar-refractivity contribution < 1.29 is 4.92 Å². The highest BCUT2D eigenvalue weighted by atomic mass is 16.6. The molecule has 1 saturated carbocycles. The molecule has 2 N–H and O–H groups in total. The summed E-state index contributed by atoms with van der Waals surface area (Å²) < 4.78 is 0. The van der Waals surface area contributed by atoms with E-state index >= 15 is 0 Å². The molecule has 1 aliphatic heterocycles. The van der Waals surface area contributed by atoms with Crippen LogP contribution in [0, 0.1) is 16.0 Å². The normalized spacial score (nSPS) is 19.7. The van der Waals surface area contributed by atoms with Crippen LogP contribution >= 0.6 is 0 Å². The van der Waals surface area contributed by atoms with Crippen LogP contribution in [0.1, 0.15) is 31.2 Å². The van der Waals surface area contributed by atoms with Gasteiger partial charge in [0, 0.05) is 47.6 Å². The van der Waals surface area contributed by atoms with E-state index in [9.17, 15) is 10.1 Å². The molecular formula is C22H25N5O2. The summed E-state index contributed by atoms with van der Waals surface area (Å²) >= 11 is 0. The van der Waals surface area contributed by atoms with Gasteiger partial charge in [-0.2, -0.15) is 0 Å². The predicted octanol–water partition coefficient (Wildman–Crippen LogP) is 4.63. The molecule has 2 fully saturated rings. The number of anilines is 2. The third-order valence-electron chi connectivity index (χ3n) is 6.16. The fraction of sp³-hybridized carbons (Fsp3) is 0.409. The van der Waals surface area contributed by atoms with Crippen LogP contribution in [0.2, 0.25) is 0 Å². The van der Waals surface area contributed by atoms with E-state index in [4.69, 9.17) is 0 Å². The number of aromatic amines is 1. The van der Waals surface area contributed by atoms with Gasteiger partial charge in [0.2, 0.25) is 5.82 Å². The van der Waals surface area contributed by atoms with Crippen LogP contribution in [0.5, 0.6) is 0 Å². The molecule has 3 aromatic rings. The Bertz CT molecular complexity index is 1040. The van der Waals surface area contributed by atoms with Gasteiger partial charge in [-0.3, -0.25) is 15.0 Å². The zero-order valence-corrected chi connectivity index (χ0v) is 16.3. The van der Waals surface area contributed by atoms with E-state index in [0.29, 0.717) is 6.04 Å². The van der Waals surface area contributed by atoms with Crippen molar-refractivity contribution >= 4 is 28.1 Å². The van der Waals surface area contributed by atoms with Crippen LogP contribution in [0.15, 0.2) is 42.7 Å². The Morgan fingerprint density at radius 3 is 3.00 bits per heavy atom. The van der Waals surface area contributed by atoms with E-state index < -0.39 is 4.92 Å². The SMILES string of the molecule is O=[N+]([O-])c1cccnc1Nc1ccc2[nH]cc(CC3CCCN3CC3CC3)c2c1. The third-order valence-corrected chi connectivity index (χ3v) is 6.16. The first kappa shape index (κ1) is 18.1. The molecule has 1 atom stereocenters. The summed E-state index contributed by atoms with van der Waals surface area (Å²) in [7, 11) is 0. The summed E-state index contributed by atoms with van der Waals surface area (Å²) in [5, 5.41) is 15.6. The van der Waals surface area contributed by atoms with E-state index in [2.05, 4.69) is 32.4 Å². The monoisotopic (exact) mass is 391 g/mol. The first-order valence-corrected chi connectivity index (χ1v) is 10.4. The van der Waals surface area contributed by atoms with Crippen LogP contribution in [0.3, 0.4) is 0 Å². The van der Waals surface area contributed by atoms with Crippen molar-refractivity contribution in [3.05, 3.63) is 58.4 Å². The lowest BCUT2D eigenvalue weighted by atomic mass is 10.0. The molecule has 7 nitrogen and oxygen atoms in total. The molecule has 0 spiro atoms. The van der Waals surface area contributed by atoms with Crippen molar-refractivity contribution in [2.24, 2.45) is 5.92 Å². The lowest BCUT2D eigenvalue weighted by Gasteiger charge is -2.24. The number of nitro groups is 1. The molecule has 2 aromatic heterocycles. The van der Waals surface area contributed by atoms with Gasteiger partial charge in [0.15, 0.2) is 0 Å². The van der Waals surface area contributed by atoms with E-state index in [1.807, 2.05) is 12.1 Å². The average Bonchev–Trinajstić information content (AvgIpc) is 3.30.